The van der Waals surface area contributed by atoms with E-state index in [2.05, 4.69) is 15.6 Å². The van der Waals surface area contributed by atoms with Gasteiger partial charge in [-0.3, -0.25) is 14.3 Å². The molecule has 0 unspecified atom stereocenters. The van der Waals surface area contributed by atoms with Gasteiger partial charge in [-0.2, -0.15) is 0 Å². The molecule has 0 aromatic carbocycles. The van der Waals surface area contributed by atoms with E-state index in [1.807, 2.05) is 0 Å². The predicted molar refractivity (Wildman–Crippen MR) is 63.5 cm³/mol. The van der Waals surface area contributed by atoms with Gasteiger partial charge in [-0.05, 0) is 12.8 Å². The molecule has 1 aliphatic heterocycles. The fourth-order valence-electron chi connectivity index (χ4n) is 2.02. The highest BCUT2D eigenvalue weighted by Crippen LogP contribution is 2.30. The Morgan fingerprint density at radius 3 is 2.74 bits per heavy atom. The summed E-state index contributed by atoms with van der Waals surface area (Å²) in [5.41, 5.74) is -0.772. The zero-order valence-corrected chi connectivity index (χ0v) is 10.6. The van der Waals surface area contributed by atoms with Gasteiger partial charge < -0.3 is 15.2 Å². The number of carboxylic acids is 1. The second-order valence-corrected chi connectivity index (χ2v) is 4.66. The van der Waals surface area contributed by atoms with Crippen LogP contribution in [0.2, 0.25) is 0 Å². The quantitative estimate of drug-likeness (QED) is 0.757. The van der Waals surface area contributed by atoms with Gasteiger partial charge in [0.2, 0.25) is 0 Å². The molecule has 8 nitrogen and oxygen atoms in total. The maximum absolute atomic E-state index is 11.8. The summed E-state index contributed by atoms with van der Waals surface area (Å²) >= 11 is 0. The van der Waals surface area contributed by atoms with Crippen molar-refractivity contribution in [3.05, 3.63) is 11.9 Å². The Morgan fingerprint density at radius 1 is 1.53 bits per heavy atom. The molecule has 0 saturated carbocycles. The van der Waals surface area contributed by atoms with Crippen LogP contribution in [0, 0.1) is 5.41 Å². The van der Waals surface area contributed by atoms with Gasteiger partial charge in [-0.15, -0.1) is 5.10 Å². The van der Waals surface area contributed by atoms with Crippen LogP contribution in [-0.2, 0) is 16.6 Å². The third-order valence-corrected chi connectivity index (χ3v) is 3.33. The third-order valence-electron chi connectivity index (χ3n) is 3.33. The number of ether oxygens (including phenoxy) is 1. The standard InChI is InChI=1S/C11H16N4O4/c1-15-6-8(13-14-15)9(16)12-7-11(10(17)18)2-4-19-5-3-11/h6H,2-5,7H2,1H3,(H,12,16)(H,17,18). The van der Waals surface area contributed by atoms with Gasteiger partial charge in [0.15, 0.2) is 5.69 Å². The molecule has 1 saturated heterocycles. The average molecular weight is 268 g/mol. The van der Waals surface area contributed by atoms with Crippen LogP contribution < -0.4 is 5.32 Å². The van der Waals surface area contributed by atoms with Crippen molar-refractivity contribution in [3.8, 4) is 0 Å². The summed E-state index contributed by atoms with van der Waals surface area (Å²) in [6.45, 7) is 0.863. The Morgan fingerprint density at radius 2 is 2.21 bits per heavy atom. The molecule has 1 aromatic rings. The topological polar surface area (TPSA) is 106 Å². The van der Waals surface area contributed by atoms with Gasteiger partial charge in [0, 0.05) is 26.8 Å². The smallest absolute Gasteiger partial charge is 0.311 e. The van der Waals surface area contributed by atoms with Crippen LogP contribution in [0.25, 0.3) is 0 Å². The molecule has 1 fully saturated rings. The van der Waals surface area contributed by atoms with Gasteiger partial charge in [0.05, 0.1) is 11.6 Å². The van der Waals surface area contributed by atoms with Crippen molar-refractivity contribution in [2.24, 2.45) is 12.5 Å². The largest absolute Gasteiger partial charge is 0.481 e. The Balaban J connectivity index is 1.99. The first kappa shape index (κ1) is 13.5. The summed E-state index contributed by atoms with van der Waals surface area (Å²) in [4.78, 5) is 23.2. The first-order valence-electron chi connectivity index (χ1n) is 5.99. The van der Waals surface area contributed by atoms with E-state index in [-0.39, 0.29) is 12.2 Å². The average Bonchev–Trinajstić information content (AvgIpc) is 2.83. The molecule has 2 N–H and O–H groups in total. The minimum absolute atomic E-state index is 0.0705. The molecule has 0 spiro atoms. The zero-order chi connectivity index (χ0) is 13.9. The lowest BCUT2D eigenvalue weighted by Gasteiger charge is -2.32. The maximum atomic E-state index is 11.8. The van der Waals surface area contributed by atoms with Crippen LogP contribution in [0.3, 0.4) is 0 Å². The number of nitrogens with zero attached hydrogens (tertiary/aromatic N) is 3. The molecule has 104 valence electrons. The minimum atomic E-state index is -0.948. The number of nitrogens with one attached hydrogen (secondary N) is 1. The molecular formula is C11H16N4O4. The van der Waals surface area contributed by atoms with Crippen molar-refractivity contribution in [2.75, 3.05) is 19.8 Å². The Kier molecular flexibility index (Phi) is 3.79. The van der Waals surface area contributed by atoms with E-state index in [1.165, 1.54) is 10.9 Å². The molecule has 2 heterocycles. The second-order valence-electron chi connectivity index (χ2n) is 4.66. The second kappa shape index (κ2) is 5.35. The van der Waals surface area contributed by atoms with E-state index in [0.717, 1.165) is 0 Å². The zero-order valence-electron chi connectivity index (χ0n) is 10.6. The fraction of sp³-hybridized carbons (Fsp3) is 0.636. The minimum Gasteiger partial charge on any atom is -0.481 e. The number of carboxylic acid groups (broad SMARTS) is 1. The summed E-state index contributed by atoms with van der Waals surface area (Å²) in [7, 11) is 1.65. The molecule has 0 radical (unpaired) electrons. The maximum Gasteiger partial charge on any atom is 0.311 e. The van der Waals surface area contributed by atoms with E-state index in [4.69, 9.17) is 4.74 Å². The molecule has 1 amide bonds. The number of rotatable bonds is 4. The molecule has 0 atom stereocenters. The van der Waals surface area contributed by atoms with Gasteiger partial charge in [0.25, 0.3) is 5.91 Å². The van der Waals surface area contributed by atoms with Crippen molar-refractivity contribution in [3.63, 3.8) is 0 Å². The summed E-state index contributed by atoms with van der Waals surface area (Å²) in [6, 6.07) is 0. The Hall–Kier alpha value is -1.96. The molecule has 0 bridgehead atoms. The van der Waals surface area contributed by atoms with E-state index >= 15 is 0 Å². The third kappa shape index (κ3) is 2.90. The van der Waals surface area contributed by atoms with Crippen molar-refractivity contribution in [2.45, 2.75) is 12.8 Å². The van der Waals surface area contributed by atoms with E-state index in [0.29, 0.717) is 26.1 Å². The highest BCUT2D eigenvalue weighted by Gasteiger charge is 2.40. The lowest BCUT2D eigenvalue weighted by molar-refractivity contribution is -0.154. The monoisotopic (exact) mass is 268 g/mol. The highest BCUT2D eigenvalue weighted by molar-refractivity contribution is 5.92. The SMILES string of the molecule is Cn1cc(C(=O)NCC2(C(=O)O)CCOCC2)nn1. The lowest BCUT2D eigenvalue weighted by Crippen LogP contribution is -2.46. The number of hydrogen-bond acceptors (Lipinski definition) is 5. The van der Waals surface area contributed by atoms with E-state index in [1.54, 1.807) is 7.05 Å². The lowest BCUT2D eigenvalue weighted by atomic mass is 9.80. The molecule has 2 rings (SSSR count). The van der Waals surface area contributed by atoms with Gasteiger partial charge >= 0.3 is 5.97 Å². The number of carbonyl (C=O) groups is 2. The van der Waals surface area contributed by atoms with E-state index < -0.39 is 17.3 Å². The van der Waals surface area contributed by atoms with Crippen LogP contribution in [0.4, 0.5) is 0 Å². The van der Waals surface area contributed by atoms with E-state index in [9.17, 15) is 14.7 Å². The molecule has 0 aliphatic carbocycles. The highest BCUT2D eigenvalue weighted by atomic mass is 16.5. The molecular weight excluding hydrogens is 252 g/mol. The summed E-state index contributed by atoms with van der Waals surface area (Å²) in [6.07, 6.45) is 2.26. The molecule has 19 heavy (non-hydrogen) atoms. The first-order chi connectivity index (χ1) is 9.03. The number of aliphatic carboxylic acids is 1. The molecule has 1 aromatic heterocycles. The van der Waals surface area contributed by atoms with Gasteiger partial charge in [0.1, 0.15) is 0 Å². The molecule has 1 aliphatic rings. The van der Waals surface area contributed by atoms with Crippen LogP contribution in [-0.4, -0.2) is 51.7 Å². The summed E-state index contributed by atoms with van der Waals surface area (Å²) in [5, 5.41) is 19.3. The van der Waals surface area contributed by atoms with Crippen LogP contribution in [0.5, 0.6) is 0 Å². The summed E-state index contributed by atoms with van der Waals surface area (Å²) < 4.78 is 6.58. The Bertz CT molecular complexity index is 479. The summed E-state index contributed by atoms with van der Waals surface area (Å²) in [5.74, 6) is -1.32. The van der Waals surface area contributed by atoms with Crippen LogP contribution in [0.15, 0.2) is 6.20 Å². The number of aryl methyl sites for hydroxylation is 1. The van der Waals surface area contributed by atoms with Crippen LogP contribution >= 0.6 is 0 Å². The number of carbonyl (C=O) groups excluding carboxylic acids is 1. The predicted octanol–water partition coefficient (Wildman–Crippen LogP) is -0.574. The normalized spacial score (nSPS) is 17.9. The van der Waals surface area contributed by atoms with Crippen LogP contribution in [0.1, 0.15) is 23.3 Å². The fourth-order valence-corrected chi connectivity index (χ4v) is 2.02. The van der Waals surface area contributed by atoms with Gasteiger partial charge in [-0.1, -0.05) is 5.21 Å². The van der Waals surface area contributed by atoms with Crippen molar-refractivity contribution in [1.82, 2.24) is 20.3 Å². The van der Waals surface area contributed by atoms with Gasteiger partial charge in [-0.25, -0.2) is 0 Å². The number of hydrogen-bond donors (Lipinski definition) is 2. The Labute approximate surface area is 109 Å². The number of amides is 1. The van der Waals surface area contributed by atoms with Crippen molar-refractivity contribution in [1.29, 1.82) is 0 Å². The first-order valence-corrected chi connectivity index (χ1v) is 5.99. The van der Waals surface area contributed by atoms with Crippen molar-refractivity contribution >= 4 is 11.9 Å². The number of aromatic nitrogens is 3. The molecule has 8 heteroatoms. The van der Waals surface area contributed by atoms with Crippen molar-refractivity contribution < 1.29 is 19.4 Å².